The quantitative estimate of drug-likeness (QED) is 0.460. The fourth-order valence-electron chi connectivity index (χ4n) is 3.29. The third-order valence-corrected chi connectivity index (χ3v) is 5.17. The van der Waals surface area contributed by atoms with Gasteiger partial charge in [-0.2, -0.15) is 0 Å². The monoisotopic (exact) mass is 443 g/mol. The Balaban J connectivity index is 1.69. The summed E-state index contributed by atoms with van der Waals surface area (Å²) in [5, 5.41) is -0.178. The van der Waals surface area contributed by atoms with Crippen molar-refractivity contribution < 1.29 is 18.3 Å². The molecule has 0 unspecified atom stereocenters. The zero-order chi connectivity index (χ0) is 22.3. The van der Waals surface area contributed by atoms with Crippen LogP contribution in [0.5, 0.6) is 5.75 Å². The van der Waals surface area contributed by atoms with Gasteiger partial charge < -0.3 is 4.74 Å². The third kappa shape index (κ3) is 3.82. The summed E-state index contributed by atoms with van der Waals surface area (Å²) in [6.45, 7) is 2.91. The Morgan fingerprint density at radius 1 is 1.16 bits per heavy atom. The number of carbonyl (C=O) groups is 1. The van der Waals surface area contributed by atoms with E-state index in [2.05, 4.69) is 4.98 Å². The van der Waals surface area contributed by atoms with Crippen molar-refractivity contribution in [3.8, 4) is 11.4 Å². The molecule has 2 aromatic carbocycles. The van der Waals surface area contributed by atoms with E-state index < -0.39 is 17.2 Å². The second-order valence-electron chi connectivity index (χ2n) is 6.94. The summed E-state index contributed by atoms with van der Waals surface area (Å²) < 4.78 is 35.2. The second kappa shape index (κ2) is 7.96. The van der Waals surface area contributed by atoms with Crippen molar-refractivity contribution in [3.63, 3.8) is 0 Å². The van der Waals surface area contributed by atoms with Crippen LogP contribution in [0.4, 0.5) is 8.78 Å². The van der Waals surface area contributed by atoms with Gasteiger partial charge in [0.1, 0.15) is 35.3 Å². The van der Waals surface area contributed by atoms with Crippen molar-refractivity contribution in [2.75, 3.05) is 0 Å². The minimum atomic E-state index is -0.750. The van der Waals surface area contributed by atoms with Crippen molar-refractivity contribution in [2.45, 2.75) is 20.5 Å². The molecule has 0 bridgehead atoms. The number of benzene rings is 2. The molecular formula is C22H16ClF2N3O3. The number of fused-ring (bicyclic) bond motifs is 1. The predicted octanol–water partition coefficient (Wildman–Crippen LogP) is 4.67. The molecule has 0 aliphatic carbocycles. The lowest BCUT2D eigenvalue weighted by atomic mass is 10.2. The van der Waals surface area contributed by atoms with Crippen LogP contribution in [0.3, 0.4) is 0 Å². The summed E-state index contributed by atoms with van der Waals surface area (Å²) in [5.41, 5.74) is 1.81. The number of aromatic nitrogens is 3. The molecule has 9 heteroatoms. The van der Waals surface area contributed by atoms with Crippen LogP contribution in [0.15, 0.2) is 53.6 Å². The highest BCUT2D eigenvalue weighted by molar-refractivity contribution is 6.31. The van der Waals surface area contributed by atoms with Gasteiger partial charge in [-0.05, 0) is 37.3 Å². The second-order valence-corrected chi connectivity index (χ2v) is 7.31. The maximum Gasteiger partial charge on any atom is 0.277 e. The molecule has 0 fully saturated rings. The van der Waals surface area contributed by atoms with Crippen molar-refractivity contribution >= 4 is 28.5 Å². The first-order valence-electron chi connectivity index (χ1n) is 9.23. The molecular weight excluding hydrogens is 428 g/mol. The Labute approximate surface area is 180 Å². The highest BCUT2D eigenvalue weighted by Gasteiger charge is 2.16. The van der Waals surface area contributed by atoms with Crippen molar-refractivity contribution in [3.05, 3.63) is 87.1 Å². The summed E-state index contributed by atoms with van der Waals surface area (Å²) in [4.78, 5) is 28.8. The zero-order valence-corrected chi connectivity index (χ0v) is 17.3. The molecule has 2 aromatic heterocycles. The number of imidazole rings is 1. The molecule has 0 spiro atoms. The SMILES string of the molecule is CC(=O)n1cnc2cc(-n3c(C)cc(OCc4ccc(F)cc4F)c(Cl)c3=O)ccc21. The van der Waals surface area contributed by atoms with E-state index in [1.54, 1.807) is 31.2 Å². The van der Waals surface area contributed by atoms with Crippen LogP contribution < -0.4 is 10.3 Å². The normalized spacial score (nSPS) is 11.1. The van der Waals surface area contributed by atoms with Crippen LogP contribution in [0.25, 0.3) is 16.7 Å². The van der Waals surface area contributed by atoms with Gasteiger partial charge >= 0.3 is 0 Å². The van der Waals surface area contributed by atoms with Gasteiger partial charge in [-0.15, -0.1) is 0 Å². The van der Waals surface area contributed by atoms with E-state index in [0.29, 0.717) is 22.4 Å². The average molecular weight is 444 g/mol. The Kier molecular flexibility index (Phi) is 5.32. The lowest BCUT2D eigenvalue weighted by Gasteiger charge is -2.15. The Bertz CT molecular complexity index is 1400. The molecule has 0 aliphatic rings. The minimum absolute atomic E-state index is 0.0890. The lowest BCUT2D eigenvalue weighted by Crippen LogP contribution is -2.21. The highest BCUT2D eigenvalue weighted by atomic mass is 35.5. The minimum Gasteiger partial charge on any atom is -0.487 e. The van der Waals surface area contributed by atoms with Gasteiger partial charge in [-0.1, -0.05) is 11.6 Å². The van der Waals surface area contributed by atoms with Gasteiger partial charge in [-0.25, -0.2) is 13.8 Å². The fourth-order valence-corrected chi connectivity index (χ4v) is 3.49. The van der Waals surface area contributed by atoms with E-state index in [0.717, 1.165) is 12.1 Å². The van der Waals surface area contributed by atoms with Crippen LogP contribution in [-0.4, -0.2) is 20.0 Å². The number of aryl methyl sites for hydroxylation is 1. The fraction of sp³-hybridized carbons (Fsp3) is 0.136. The lowest BCUT2D eigenvalue weighted by molar-refractivity contribution is 0.0941. The number of hydrogen-bond donors (Lipinski definition) is 0. The molecule has 0 saturated heterocycles. The third-order valence-electron chi connectivity index (χ3n) is 4.83. The molecule has 0 amide bonds. The molecule has 0 atom stereocenters. The Morgan fingerprint density at radius 2 is 1.94 bits per heavy atom. The van der Waals surface area contributed by atoms with Gasteiger partial charge in [0.15, 0.2) is 0 Å². The van der Waals surface area contributed by atoms with Gasteiger partial charge in [0.05, 0.1) is 16.7 Å². The van der Waals surface area contributed by atoms with Crippen LogP contribution >= 0.6 is 11.6 Å². The van der Waals surface area contributed by atoms with Crippen molar-refractivity contribution in [1.82, 2.24) is 14.1 Å². The molecule has 4 rings (SSSR count). The van der Waals surface area contributed by atoms with E-state index in [4.69, 9.17) is 16.3 Å². The Hall–Kier alpha value is -3.52. The van der Waals surface area contributed by atoms with E-state index in [1.807, 2.05) is 0 Å². The smallest absolute Gasteiger partial charge is 0.277 e. The summed E-state index contributed by atoms with van der Waals surface area (Å²) in [6, 6.07) is 9.76. The molecule has 0 radical (unpaired) electrons. The van der Waals surface area contributed by atoms with Crippen LogP contribution in [0, 0.1) is 18.6 Å². The van der Waals surface area contributed by atoms with Crippen molar-refractivity contribution in [1.29, 1.82) is 0 Å². The van der Waals surface area contributed by atoms with Crippen LogP contribution in [0.2, 0.25) is 5.02 Å². The Morgan fingerprint density at radius 3 is 2.65 bits per heavy atom. The van der Waals surface area contributed by atoms with Gasteiger partial charge in [0.2, 0.25) is 5.91 Å². The summed E-state index contributed by atoms with van der Waals surface area (Å²) in [6.07, 6.45) is 1.42. The number of halogens is 3. The van der Waals surface area contributed by atoms with Gasteiger partial charge in [0.25, 0.3) is 5.56 Å². The molecule has 31 heavy (non-hydrogen) atoms. The number of hydrogen-bond acceptors (Lipinski definition) is 4. The van der Waals surface area contributed by atoms with E-state index in [9.17, 15) is 18.4 Å². The first-order chi connectivity index (χ1) is 14.8. The molecule has 0 N–H and O–H groups in total. The van der Waals surface area contributed by atoms with Crippen molar-refractivity contribution in [2.24, 2.45) is 0 Å². The topological polar surface area (TPSA) is 66.1 Å². The molecule has 0 aliphatic heterocycles. The largest absolute Gasteiger partial charge is 0.487 e. The molecule has 158 valence electrons. The summed E-state index contributed by atoms with van der Waals surface area (Å²) >= 11 is 6.24. The molecule has 2 heterocycles. The number of carbonyl (C=O) groups excluding carboxylic acids is 1. The number of rotatable bonds is 4. The van der Waals surface area contributed by atoms with Crippen LogP contribution in [-0.2, 0) is 6.61 Å². The van der Waals surface area contributed by atoms with E-state index in [1.165, 1.54) is 28.5 Å². The zero-order valence-electron chi connectivity index (χ0n) is 16.5. The number of ether oxygens (including phenoxy) is 1. The van der Waals surface area contributed by atoms with E-state index >= 15 is 0 Å². The summed E-state index contributed by atoms with van der Waals surface area (Å²) in [7, 11) is 0. The maximum atomic E-state index is 13.8. The standard InChI is InChI=1S/C22H16ClF2N3O3/c1-12-7-20(31-10-14-3-4-15(24)8-17(14)25)21(23)22(30)28(12)16-5-6-19-18(9-16)26-11-27(19)13(2)29/h3-9,11H,10H2,1-2H3. The average Bonchev–Trinajstić information content (AvgIpc) is 3.14. The number of pyridine rings is 1. The summed E-state index contributed by atoms with van der Waals surface area (Å²) in [5.74, 6) is -1.53. The molecule has 0 saturated carbocycles. The maximum absolute atomic E-state index is 13.8. The molecule has 4 aromatic rings. The van der Waals surface area contributed by atoms with E-state index in [-0.39, 0.29) is 28.8 Å². The highest BCUT2D eigenvalue weighted by Crippen LogP contribution is 2.26. The van der Waals surface area contributed by atoms with Gasteiger partial charge in [0, 0.05) is 30.3 Å². The first kappa shape index (κ1) is 20.7. The van der Waals surface area contributed by atoms with Crippen LogP contribution in [0.1, 0.15) is 23.0 Å². The molecule has 6 nitrogen and oxygen atoms in total. The first-order valence-corrected chi connectivity index (χ1v) is 9.61. The predicted molar refractivity (Wildman–Crippen MR) is 112 cm³/mol. The van der Waals surface area contributed by atoms with Gasteiger partial charge in [-0.3, -0.25) is 18.7 Å². The number of nitrogens with zero attached hydrogens (tertiary/aromatic N) is 3.